The summed E-state index contributed by atoms with van der Waals surface area (Å²) in [5, 5.41) is -0.411. The van der Waals surface area contributed by atoms with Crippen LogP contribution in [0.2, 0.25) is 0 Å². The van der Waals surface area contributed by atoms with Crippen molar-refractivity contribution in [3.8, 4) is 0 Å². The molecule has 0 spiro atoms. The Kier molecular flexibility index (Phi) is 5.39. The molecule has 0 aromatic heterocycles. The molecule has 0 saturated carbocycles. The van der Waals surface area contributed by atoms with Crippen molar-refractivity contribution >= 4 is 25.8 Å². The van der Waals surface area contributed by atoms with E-state index in [2.05, 4.69) is 4.72 Å². The van der Waals surface area contributed by atoms with Crippen LogP contribution >= 0.6 is 0 Å². The second-order valence-electron chi connectivity index (χ2n) is 7.70. The molecule has 1 aromatic rings. The lowest BCUT2D eigenvalue weighted by Crippen LogP contribution is -2.52. The summed E-state index contributed by atoms with van der Waals surface area (Å²) in [5.41, 5.74) is 1.45. The number of carbonyl (C=O) groups excluding carboxylic acids is 1. The van der Waals surface area contributed by atoms with E-state index in [9.17, 15) is 21.6 Å². The molecule has 7 nitrogen and oxygen atoms in total. The molecule has 2 saturated heterocycles. The largest absolute Gasteiger partial charge is 0.336 e. The molecule has 9 heteroatoms. The average molecular weight is 415 g/mol. The SMILES string of the molecule is Cc1ccc(C)c(S(=O)(=O)NCC(=O)N2C3CCC2CC(S(C)(=O)=O)C3)c1. The van der Waals surface area contributed by atoms with E-state index in [1.165, 1.54) is 6.26 Å². The molecular formula is C18H26N2O5S2. The summed E-state index contributed by atoms with van der Waals surface area (Å²) in [4.78, 5) is 14.6. The highest BCUT2D eigenvalue weighted by molar-refractivity contribution is 7.91. The van der Waals surface area contributed by atoms with Crippen molar-refractivity contribution in [1.29, 1.82) is 0 Å². The zero-order valence-electron chi connectivity index (χ0n) is 15.8. The van der Waals surface area contributed by atoms with Gasteiger partial charge in [0.15, 0.2) is 0 Å². The minimum Gasteiger partial charge on any atom is -0.336 e. The highest BCUT2D eigenvalue weighted by Gasteiger charge is 2.45. The zero-order chi connectivity index (χ0) is 20.0. The van der Waals surface area contributed by atoms with Crippen molar-refractivity contribution in [2.75, 3.05) is 12.8 Å². The summed E-state index contributed by atoms with van der Waals surface area (Å²) in [6, 6.07) is 4.91. The van der Waals surface area contributed by atoms with Gasteiger partial charge in [-0.1, -0.05) is 12.1 Å². The molecule has 2 heterocycles. The first kappa shape index (κ1) is 20.3. The molecule has 2 unspecified atom stereocenters. The average Bonchev–Trinajstić information content (AvgIpc) is 2.83. The Hall–Kier alpha value is -1.45. The van der Waals surface area contributed by atoms with Gasteiger partial charge in [-0.05, 0) is 56.7 Å². The van der Waals surface area contributed by atoms with Crippen LogP contribution in [0.25, 0.3) is 0 Å². The van der Waals surface area contributed by atoms with Gasteiger partial charge < -0.3 is 4.90 Å². The van der Waals surface area contributed by atoms with Crippen LogP contribution in [0.5, 0.6) is 0 Å². The molecule has 27 heavy (non-hydrogen) atoms. The molecule has 1 amide bonds. The number of piperidine rings is 1. The number of aryl methyl sites for hydroxylation is 2. The lowest BCUT2D eigenvalue weighted by Gasteiger charge is -2.38. The molecule has 0 radical (unpaired) electrons. The number of nitrogens with one attached hydrogen (secondary N) is 1. The van der Waals surface area contributed by atoms with Gasteiger partial charge in [0.25, 0.3) is 0 Å². The van der Waals surface area contributed by atoms with Crippen LogP contribution in [0.4, 0.5) is 0 Å². The smallest absolute Gasteiger partial charge is 0.241 e. The maximum atomic E-state index is 12.7. The van der Waals surface area contributed by atoms with Crippen molar-refractivity contribution in [2.45, 2.75) is 61.8 Å². The van der Waals surface area contributed by atoms with Gasteiger partial charge in [0.05, 0.1) is 16.7 Å². The number of carbonyl (C=O) groups is 1. The Bertz CT molecular complexity index is 942. The Labute approximate surface area is 161 Å². The predicted octanol–water partition coefficient (Wildman–Crippen LogP) is 1.15. The molecule has 150 valence electrons. The van der Waals surface area contributed by atoms with Crippen molar-refractivity contribution in [1.82, 2.24) is 9.62 Å². The summed E-state index contributed by atoms with van der Waals surface area (Å²) < 4.78 is 51.3. The molecule has 2 aliphatic heterocycles. The van der Waals surface area contributed by atoms with E-state index in [0.717, 1.165) is 18.4 Å². The Balaban J connectivity index is 1.69. The third kappa shape index (κ3) is 4.20. The van der Waals surface area contributed by atoms with E-state index in [4.69, 9.17) is 0 Å². The fourth-order valence-corrected chi connectivity index (χ4v) is 6.65. The number of sulfone groups is 1. The second-order valence-corrected chi connectivity index (χ2v) is 11.8. The van der Waals surface area contributed by atoms with E-state index in [-0.39, 0.29) is 29.4 Å². The molecule has 3 rings (SSSR count). The summed E-state index contributed by atoms with van der Waals surface area (Å²) in [7, 11) is -6.92. The quantitative estimate of drug-likeness (QED) is 0.779. The molecule has 1 aromatic carbocycles. The number of benzene rings is 1. The van der Waals surface area contributed by atoms with Gasteiger partial charge in [-0.3, -0.25) is 4.79 Å². The minimum absolute atomic E-state index is 0.124. The standard InChI is InChI=1S/C18H26N2O5S2/c1-12-4-5-13(2)17(8-12)27(24,25)19-11-18(21)20-14-6-7-15(20)10-16(9-14)26(3,22)23/h4-5,8,14-16,19H,6-7,9-11H2,1-3H3. The summed E-state index contributed by atoms with van der Waals surface area (Å²) in [6.45, 7) is 3.21. The van der Waals surface area contributed by atoms with Gasteiger partial charge in [0.2, 0.25) is 15.9 Å². The van der Waals surface area contributed by atoms with Crippen LogP contribution in [-0.4, -0.2) is 57.8 Å². The van der Waals surface area contributed by atoms with Gasteiger partial charge in [0.1, 0.15) is 9.84 Å². The first-order chi connectivity index (χ1) is 12.5. The third-order valence-electron chi connectivity index (χ3n) is 5.63. The van der Waals surface area contributed by atoms with E-state index >= 15 is 0 Å². The number of fused-ring (bicyclic) bond motifs is 2. The number of amides is 1. The van der Waals surface area contributed by atoms with Crippen LogP contribution < -0.4 is 4.72 Å². The fourth-order valence-electron chi connectivity index (χ4n) is 4.21. The van der Waals surface area contributed by atoms with Crippen LogP contribution in [0.3, 0.4) is 0 Å². The van der Waals surface area contributed by atoms with E-state index in [0.29, 0.717) is 18.4 Å². The first-order valence-electron chi connectivity index (χ1n) is 9.06. The van der Waals surface area contributed by atoms with Crippen LogP contribution in [0, 0.1) is 13.8 Å². The van der Waals surface area contributed by atoms with Gasteiger partial charge in [-0.25, -0.2) is 21.6 Å². The van der Waals surface area contributed by atoms with Gasteiger partial charge in [-0.2, -0.15) is 0 Å². The maximum Gasteiger partial charge on any atom is 0.241 e. The predicted molar refractivity (Wildman–Crippen MR) is 103 cm³/mol. The molecule has 0 aliphatic carbocycles. The number of hydrogen-bond donors (Lipinski definition) is 1. The van der Waals surface area contributed by atoms with Crippen molar-refractivity contribution in [2.24, 2.45) is 0 Å². The van der Waals surface area contributed by atoms with Gasteiger partial charge in [-0.15, -0.1) is 0 Å². The zero-order valence-corrected chi connectivity index (χ0v) is 17.4. The van der Waals surface area contributed by atoms with Crippen LogP contribution in [0.1, 0.15) is 36.8 Å². The van der Waals surface area contributed by atoms with Crippen molar-refractivity contribution in [3.63, 3.8) is 0 Å². The topological polar surface area (TPSA) is 101 Å². The van der Waals surface area contributed by atoms with Gasteiger partial charge >= 0.3 is 0 Å². The van der Waals surface area contributed by atoms with Crippen LogP contribution in [0.15, 0.2) is 23.1 Å². The molecule has 2 bridgehead atoms. The lowest BCUT2D eigenvalue weighted by atomic mass is 10.0. The summed E-state index contributed by atoms with van der Waals surface area (Å²) in [5.74, 6) is -0.289. The van der Waals surface area contributed by atoms with Crippen molar-refractivity contribution in [3.05, 3.63) is 29.3 Å². The van der Waals surface area contributed by atoms with Crippen molar-refractivity contribution < 1.29 is 21.6 Å². The number of nitrogens with zero attached hydrogens (tertiary/aromatic N) is 1. The highest BCUT2D eigenvalue weighted by atomic mass is 32.2. The first-order valence-corrected chi connectivity index (χ1v) is 12.5. The second kappa shape index (κ2) is 7.18. The van der Waals surface area contributed by atoms with E-state index in [1.807, 2.05) is 13.0 Å². The number of rotatable bonds is 5. The number of hydrogen-bond acceptors (Lipinski definition) is 5. The fraction of sp³-hybridized carbons (Fsp3) is 0.611. The van der Waals surface area contributed by atoms with Crippen LogP contribution in [-0.2, 0) is 24.7 Å². The molecule has 2 fully saturated rings. The highest BCUT2D eigenvalue weighted by Crippen LogP contribution is 2.38. The Morgan fingerprint density at radius 2 is 1.70 bits per heavy atom. The molecule has 1 N–H and O–H groups in total. The summed E-state index contributed by atoms with van der Waals surface area (Å²) >= 11 is 0. The monoisotopic (exact) mass is 414 g/mol. The summed E-state index contributed by atoms with van der Waals surface area (Å²) in [6.07, 6.45) is 3.65. The lowest BCUT2D eigenvalue weighted by molar-refractivity contribution is -0.134. The van der Waals surface area contributed by atoms with Gasteiger partial charge in [0, 0.05) is 18.3 Å². The minimum atomic E-state index is -3.79. The number of sulfonamides is 1. The third-order valence-corrected chi connectivity index (χ3v) is 8.77. The normalized spacial score (nSPS) is 25.6. The molecular weight excluding hydrogens is 388 g/mol. The molecule has 2 aliphatic rings. The Morgan fingerprint density at radius 3 is 2.26 bits per heavy atom. The molecule has 2 atom stereocenters. The Morgan fingerprint density at radius 1 is 1.11 bits per heavy atom. The van der Waals surface area contributed by atoms with E-state index < -0.39 is 25.1 Å². The van der Waals surface area contributed by atoms with E-state index in [1.54, 1.807) is 24.0 Å². The maximum absolute atomic E-state index is 12.7.